The summed E-state index contributed by atoms with van der Waals surface area (Å²) in [6.45, 7) is 4.88. The first-order valence-corrected chi connectivity index (χ1v) is 8.35. The summed E-state index contributed by atoms with van der Waals surface area (Å²) >= 11 is 0. The summed E-state index contributed by atoms with van der Waals surface area (Å²) in [6, 6.07) is 8.07. The van der Waals surface area contributed by atoms with E-state index in [0.717, 1.165) is 50.4 Å². The molecule has 0 spiro atoms. The molecule has 6 heteroatoms. The van der Waals surface area contributed by atoms with E-state index in [1.54, 1.807) is 4.90 Å². The number of nitrogens with one attached hydrogen (secondary N) is 1. The molecule has 2 aliphatic heterocycles. The second-order valence-electron chi connectivity index (χ2n) is 6.13. The first-order chi connectivity index (χ1) is 11.2. The number of hydrogen-bond acceptors (Lipinski definition) is 4. The topological polar surface area (TPSA) is 65.0 Å². The van der Waals surface area contributed by atoms with Crippen molar-refractivity contribution < 1.29 is 14.6 Å². The Hall–Kier alpha value is -1.79. The molecule has 2 fully saturated rings. The lowest BCUT2D eigenvalue weighted by Gasteiger charge is -2.32. The molecule has 1 aromatic rings. The van der Waals surface area contributed by atoms with Gasteiger partial charge in [-0.2, -0.15) is 0 Å². The van der Waals surface area contributed by atoms with Crippen LogP contribution in [0.4, 0.5) is 10.5 Å². The molecule has 2 heterocycles. The monoisotopic (exact) mass is 319 g/mol. The molecule has 0 aliphatic carbocycles. The third-order valence-corrected chi connectivity index (χ3v) is 4.46. The molecule has 0 saturated carbocycles. The summed E-state index contributed by atoms with van der Waals surface area (Å²) in [4.78, 5) is 16.3. The Morgan fingerprint density at radius 1 is 1.26 bits per heavy atom. The van der Waals surface area contributed by atoms with E-state index in [4.69, 9.17) is 4.74 Å². The van der Waals surface area contributed by atoms with Crippen molar-refractivity contribution in [1.29, 1.82) is 0 Å². The van der Waals surface area contributed by atoms with E-state index in [1.807, 2.05) is 12.1 Å². The quantitative estimate of drug-likeness (QED) is 0.878. The van der Waals surface area contributed by atoms with Gasteiger partial charge in [-0.25, -0.2) is 4.79 Å². The molecule has 2 aliphatic rings. The van der Waals surface area contributed by atoms with Crippen LogP contribution >= 0.6 is 0 Å². The maximum absolute atomic E-state index is 12.3. The van der Waals surface area contributed by atoms with Crippen molar-refractivity contribution in [2.75, 3.05) is 44.3 Å². The first kappa shape index (κ1) is 16.1. The highest BCUT2D eigenvalue weighted by Crippen LogP contribution is 2.21. The molecule has 2 saturated heterocycles. The van der Waals surface area contributed by atoms with Crippen molar-refractivity contribution in [2.24, 2.45) is 0 Å². The average Bonchev–Trinajstić information content (AvgIpc) is 2.60. The molecule has 2 N–H and O–H groups in total. The van der Waals surface area contributed by atoms with Crippen molar-refractivity contribution in [1.82, 2.24) is 10.2 Å². The van der Waals surface area contributed by atoms with E-state index in [0.29, 0.717) is 19.6 Å². The number of rotatable bonds is 3. The van der Waals surface area contributed by atoms with Crippen LogP contribution in [0, 0.1) is 0 Å². The fraction of sp³-hybridized carbons (Fsp3) is 0.588. The number of aliphatic hydroxyl groups is 1. The Balaban J connectivity index is 1.60. The molecule has 3 rings (SSSR count). The van der Waals surface area contributed by atoms with Gasteiger partial charge in [0.05, 0.1) is 19.3 Å². The molecule has 0 aromatic heterocycles. The van der Waals surface area contributed by atoms with E-state index >= 15 is 0 Å². The van der Waals surface area contributed by atoms with Gasteiger partial charge in [0.1, 0.15) is 0 Å². The van der Waals surface area contributed by atoms with Crippen LogP contribution in [0.15, 0.2) is 24.3 Å². The van der Waals surface area contributed by atoms with Crippen LogP contribution in [0.2, 0.25) is 0 Å². The van der Waals surface area contributed by atoms with Crippen LogP contribution < -0.4 is 10.2 Å². The van der Waals surface area contributed by atoms with Gasteiger partial charge in [0.2, 0.25) is 0 Å². The van der Waals surface area contributed by atoms with Crippen molar-refractivity contribution in [3.05, 3.63) is 29.8 Å². The standard InChI is InChI=1S/C17H25N3O3/c21-15-5-3-7-20(13-15)17(22)18-12-14-4-1-2-6-16(14)19-8-10-23-11-9-19/h1-2,4,6,15,21H,3,5,7-13H2,(H,18,22)/t15-/m1/s1. The number of nitrogens with zero attached hydrogens (tertiary/aromatic N) is 2. The average molecular weight is 319 g/mol. The molecular formula is C17H25N3O3. The summed E-state index contributed by atoms with van der Waals surface area (Å²) in [5.74, 6) is 0. The lowest BCUT2D eigenvalue weighted by molar-refractivity contribution is 0.0842. The van der Waals surface area contributed by atoms with Crippen molar-refractivity contribution >= 4 is 11.7 Å². The van der Waals surface area contributed by atoms with Crippen molar-refractivity contribution in [3.63, 3.8) is 0 Å². The molecule has 2 amide bonds. The number of anilines is 1. The van der Waals surface area contributed by atoms with Crippen LogP contribution in [0.3, 0.4) is 0 Å². The third-order valence-electron chi connectivity index (χ3n) is 4.46. The lowest BCUT2D eigenvalue weighted by atomic mass is 10.1. The van der Waals surface area contributed by atoms with Crippen LogP contribution in [0.25, 0.3) is 0 Å². The van der Waals surface area contributed by atoms with E-state index in [9.17, 15) is 9.90 Å². The van der Waals surface area contributed by atoms with Gasteiger partial charge in [0.15, 0.2) is 0 Å². The number of aliphatic hydroxyl groups excluding tert-OH is 1. The maximum Gasteiger partial charge on any atom is 0.317 e. The van der Waals surface area contributed by atoms with Crippen LogP contribution in [-0.4, -0.2) is 61.5 Å². The minimum absolute atomic E-state index is 0.0967. The second kappa shape index (κ2) is 7.66. The number of benzene rings is 1. The highest BCUT2D eigenvalue weighted by atomic mass is 16.5. The molecule has 0 unspecified atom stereocenters. The van der Waals surface area contributed by atoms with E-state index < -0.39 is 6.10 Å². The number of carbonyl (C=O) groups is 1. The molecule has 1 aromatic carbocycles. The van der Waals surface area contributed by atoms with E-state index in [-0.39, 0.29) is 6.03 Å². The number of morpholine rings is 1. The van der Waals surface area contributed by atoms with Crippen molar-refractivity contribution in [2.45, 2.75) is 25.5 Å². The zero-order valence-corrected chi connectivity index (χ0v) is 13.4. The number of piperidine rings is 1. The molecule has 6 nitrogen and oxygen atoms in total. The van der Waals surface area contributed by atoms with Gasteiger partial charge in [-0.15, -0.1) is 0 Å². The van der Waals surface area contributed by atoms with Gasteiger partial charge in [0.25, 0.3) is 0 Å². The van der Waals surface area contributed by atoms with E-state index in [1.165, 1.54) is 0 Å². The van der Waals surface area contributed by atoms with Gasteiger partial charge in [-0.05, 0) is 24.5 Å². The maximum atomic E-state index is 12.3. The Bertz CT molecular complexity index is 532. The lowest BCUT2D eigenvalue weighted by Crippen LogP contribution is -2.47. The highest BCUT2D eigenvalue weighted by Gasteiger charge is 2.22. The Kier molecular flexibility index (Phi) is 5.35. The predicted molar refractivity (Wildman–Crippen MR) is 88.5 cm³/mol. The summed E-state index contributed by atoms with van der Waals surface area (Å²) in [5, 5.41) is 12.7. The number of para-hydroxylation sites is 1. The summed E-state index contributed by atoms with van der Waals surface area (Å²) in [5.41, 5.74) is 2.27. The minimum Gasteiger partial charge on any atom is -0.391 e. The van der Waals surface area contributed by atoms with Crippen LogP contribution in [-0.2, 0) is 11.3 Å². The van der Waals surface area contributed by atoms with Gasteiger partial charge < -0.3 is 25.0 Å². The number of amides is 2. The second-order valence-corrected chi connectivity index (χ2v) is 6.13. The SMILES string of the molecule is O=C(NCc1ccccc1N1CCOCC1)N1CCC[C@@H](O)C1. The Morgan fingerprint density at radius 2 is 2.04 bits per heavy atom. The highest BCUT2D eigenvalue weighted by molar-refractivity contribution is 5.74. The summed E-state index contributed by atoms with van der Waals surface area (Å²) in [6.07, 6.45) is 1.25. The fourth-order valence-electron chi connectivity index (χ4n) is 3.19. The fourth-order valence-corrected chi connectivity index (χ4v) is 3.19. The molecule has 1 atom stereocenters. The summed E-state index contributed by atoms with van der Waals surface area (Å²) in [7, 11) is 0. The molecular weight excluding hydrogens is 294 g/mol. The number of urea groups is 1. The van der Waals surface area contributed by atoms with Crippen molar-refractivity contribution in [3.8, 4) is 0 Å². The molecule has 0 bridgehead atoms. The molecule has 126 valence electrons. The zero-order valence-electron chi connectivity index (χ0n) is 13.4. The number of hydrogen-bond donors (Lipinski definition) is 2. The Morgan fingerprint density at radius 3 is 2.83 bits per heavy atom. The first-order valence-electron chi connectivity index (χ1n) is 8.35. The zero-order chi connectivity index (χ0) is 16.1. The van der Waals surface area contributed by atoms with Gasteiger partial charge >= 0.3 is 6.03 Å². The predicted octanol–water partition coefficient (Wildman–Crippen LogP) is 1.19. The normalized spacial score (nSPS) is 22.0. The Labute approximate surface area is 137 Å². The minimum atomic E-state index is -0.393. The number of ether oxygens (including phenoxy) is 1. The smallest absolute Gasteiger partial charge is 0.317 e. The number of likely N-dealkylation sites (tertiary alicyclic amines) is 1. The third kappa shape index (κ3) is 4.14. The van der Waals surface area contributed by atoms with Gasteiger partial charge in [-0.3, -0.25) is 0 Å². The number of β-amino-alcohol motifs (C(OH)–C–C–N with tert-alkyl or cyclic N) is 1. The van der Waals surface area contributed by atoms with Gasteiger partial charge in [-0.1, -0.05) is 18.2 Å². The molecule has 23 heavy (non-hydrogen) atoms. The number of carbonyl (C=O) groups excluding carboxylic acids is 1. The molecule has 0 radical (unpaired) electrons. The van der Waals surface area contributed by atoms with Crippen LogP contribution in [0.5, 0.6) is 0 Å². The summed E-state index contributed by atoms with van der Waals surface area (Å²) < 4.78 is 5.41. The van der Waals surface area contributed by atoms with E-state index in [2.05, 4.69) is 22.3 Å². The van der Waals surface area contributed by atoms with Gasteiger partial charge in [0, 0.05) is 38.4 Å². The van der Waals surface area contributed by atoms with Crippen LogP contribution in [0.1, 0.15) is 18.4 Å². The largest absolute Gasteiger partial charge is 0.391 e.